The Hall–Kier alpha value is -0.410. The first kappa shape index (κ1) is 6.59. The van der Waals surface area contributed by atoms with Crippen molar-refractivity contribution in [2.75, 3.05) is 19.8 Å². The molecule has 0 saturated carbocycles. The van der Waals surface area contributed by atoms with Gasteiger partial charge in [0.1, 0.15) is 0 Å². The third kappa shape index (κ3) is 5.59. The fraction of sp³-hybridized carbons (Fsp3) is 0.750. The fourth-order valence-electron chi connectivity index (χ4n) is 0.207. The van der Waals surface area contributed by atoms with E-state index in [1.807, 2.05) is 0 Å². The monoisotopic (exact) mass is 103 g/mol. The first-order chi connectivity index (χ1) is 3.41. The minimum Gasteiger partial charge on any atom is -0.394 e. The highest BCUT2D eigenvalue weighted by Crippen LogP contribution is 1.65. The maximum Gasteiger partial charge on any atom is 0.0812 e. The van der Waals surface area contributed by atoms with Gasteiger partial charge in [0.2, 0.25) is 0 Å². The van der Waals surface area contributed by atoms with Crippen LogP contribution in [0.15, 0.2) is 0 Å². The molecular formula is C4H9NO2. The van der Waals surface area contributed by atoms with Crippen LogP contribution in [0.4, 0.5) is 0 Å². The summed E-state index contributed by atoms with van der Waals surface area (Å²) in [6.45, 7) is 0.670. The number of aliphatic hydroxyl groups excluding tert-OH is 1. The molecule has 0 saturated heterocycles. The quantitative estimate of drug-likeness (QED) is 0.377. The highest BCUT2D eigenvalue weighted by Gasteiger charge is 1.76. The molecule has 7 heavy (non-hydrogen) atoms. The second-order valence-electron chi connectivity index (χ2n) is 1.00. The normalized spacial score (nSPS) is 8.71. The molecule has 0 aliphatic heterocycles. The van der Waals surface area contributed by atoms with E-state index in [0.717, 1.165) is 6.21 Å². The van der Waals surface area contributed by atoms with Crippen molar-refractivity contribution in [1.29, 1.82) is 5.41 Å². The molecule has 0 bridgehead atoms. The van der Waals surface area contributed by atoms with Crippen LogP contribution in [0.25, 0.3) is 0 Å². The second-order valence-corrected chi connectivity index (χ2v) is 1.00. The summed E-state index contributed by atoms with van der Waals surface area (Å²) in [5.74, 6) is 0. The van der Waals surface area contributed by atoms with Gasteiger partial charge in [-0.25, -0.2) is 0 Å². The van der Waals surface area contributed by atoms with Gasteiger partial charge in [-0.05, 0) is 0 Å². The molecule has 0 fully saturated rings. The van der Waals surface area contributed by atoms with E-state index in [-0.39, 0.29) is 6.61 Å². The van der Waals surface area contributed by atoms with E-state index in [9.17, 15) is 0 Å². The van der Waals surface area contributed by atoms with E-state index in [2.05, 4.69) is 4.74 Å². The van der Waals surface area contributed by atoms with Gasteiger partial charge in [0, 0.05) is 6.21 Å². The Bertz CT molecular complexity index is 47.0. The number of nitrogens with one attached hydrogen (secondary N) is 1. The Balaban J connectivity index is 2.56. The molecule has 2 N–H and O–H groups in total. The molecule has 0 unspecified atom stereocenters. The van der Waals surface area contributed by atoms with Crippen LogP contribution in [0, 0.1) is 5.41 Å². The molecule has 0 radical (unpaired) electrons. The molecule has 0 amide bonds. The molecule has 0 aromatic heterocycles. The van der Waals surface area contributed by atoms with Crippen molar-refractivity contribution in [2.24, 2.45) is 0 Å². The number of aliphatic hydroxyl groups is 1. The highest BCUT2D eigenvalue weighted by molar-refractivity contribution is 5.53. The van der Waals surface area contributed by atoms with Crippen molar-refractivity contribution in [3.8, 4) is 0 Å². The Kier molecular flexibility index (Phi) is 5.26. The lowest BCUT2D eigenvalue weighted by molar-refractivity contribution is 0.119. The molecule has 0 aromatic rings. The van der Waals surface area contributed by atoms with Gasteiger partial charge in [-0.3, -0.25) is 0 Å². The van der Waals surface area contributed by atoms with E-state index in [0.29, 0.717) is 13.2 Å². The van der Waals surface area contributed by atoms with E-state index in [1.54, 1.807) is 0 Å². The van der Waals surface area contributed by atoms with Crippen molar-refractivity contribution in [3.63, 3.8) is 0 Å². The van der Waals surface area contributed by atoms with Crippen LogP contribution in [0.3, 0.4) is 0 Å². The first-order valence-electron chi connectivity index (χ1n) is 2.09. The van der Waals surface area contributed by atoms with Gasteiger partial charge in [0.25, 0.3) is 0 Å². The molecule has 0 aliphatic carbocycles. The molecule has 3 heteroatoms. The predicted molar refractivity (Wildman–Crippen MR) is 26.7 cm³/mol. The number of ether oxygens (including phenoxy) is 1. The van der Waals surface area contributed by atoms with Crippen LogP contribution in [-0.2, 0) is 4.74 Å². The molecule has 42 valence electrons. The Morgan fingerprint density at radius 2 is 2.43 bits per heavy atom. The standard InChI is InChI=1S/C4H9NO2/c5-1-3-7-4-2-6/h1,5-6H,2-4H2. The lowest BCUT2D eigenvalue weighted by Crippen LogP contribution is -2.00. The molecule has 0 atom stereocenters. The summed E-state index contributed by atoms with van der Waals surface area (Å²) in [7, 11) is 0. The molecule has 0 heterocycles. The van der Waals surface area contributed by atoms with E-state index in [1.165, 1.54) is 0 Å². The summed E-state index contributed by atoms with van der Waals surface area (Å²) in [5.41, 5.74) is 0. The van der Waals surface area contributed by atoms with Gasteiger partial charge in [0.15, 0.2) is 0 Å². The zero-order valence-corrected chi connectivity index (χ0v) is 4.05. The lowest BCUT2D eigenvalue weighted by Gasteiger charge is -1.91. The van der Waals surface area contributed by atoms with E-state index >= 15 is 0 Å². The van der Waals surface area contributed by atoms with Gasteiger partial charge >= 0.3 is 0 Å². The average Bonchev–Trinajstić information content (AvgIpc) is 1.69. The maximum absolute atomic E-state index is 8.09. The third-order valence-corrected chi connectivity index (χ3v) is 0.437. The van der Waals surface area contributed by atoms with Crippen LogP contribution in [0.1, 0.15) is 0 Å². The smallest absolute Gasteiger partial charge is 0.0812 e. The first-order valence-corrected chi connectivity index (χ1v) is 2.09. The van der Waals surface area contributed by atoms with Gasteiger partial charge < -0.3 is 15.3 Å². The third-order valence-electron chi connectivity index (χ3n) is 0.437. The molecule has 0 aliphatic rings. The summed E-state index contributed by atoms with van der Waals surface area (Å²) < 4.78 is 4.64. The molecule has 0 spiro atoms. The van der Waals surface area contributed by atoms with Crippen molar-refractivity contribution in [1.82, 2.24) is 0 Å². The summed E-state index contributed by atoms with van der Waals surface area (Å²) in [4.78, 5) is 0. The van der Waals surface area contributed by atoms with Crippen molar-refractivity contribution in [3.05, 3.63) is 0 Å². The minimum atomic E-state index is 0.0356. The maximum atomic E-state index is 8.09. The molecular weight excluding hydrogens is 94.0 g/mol. The van der Waals surface area contributed by atoms with E-state index in [4.69, 9.17) is 10.5 Å². The Morgan fingerprint density at radius 3 is 2.86 bits per heavy atom. The fourth-order valence-corrected chi connectivity index (χ4v) is 0.207. The van der Waals surface area contributed by atoms with Crippen LogP contribution in [-0.4, -0.2) is 31.1 Å². The van der Waals surface area contributed by atoms with Crippen LogP contribution >= 0.6 is 0 Å². The average molecular weight is 103 g/mol. The van der Waals surface area contributed by atoms with E-state index < -0.39 is 0 Å². The van der Waals surface area contributed by atoms with Gasteiger partial charge in [0.05, 0.1) is 19.8 Å². The van der Waals surface area contributed by atoms with Gasteiger partial charge in [-0.15, -0.1) is 0 Å². The molecule has 0 aromatic carbocycles. The zero-order chi connectivity index (χ0) is 5.54. The van der Waals surface area contributed by atoms with Crippen molar-refractivity contribution >= 4 is 6.21 Å². The van der Waals surface area contributed by atoms with Gasteiger partial charge in [-0.1, -0.05) is 0 Å². The summed E-state index contributed by atoms with van der Waals surface area (Å²) >= 11 is 0. The zero-order valence-electron chi connectivity index (χ0n) is 4.05. The Morgan fingerprint density at radius 1 is 1.71 bits per heavy atom. The van der Waals surface area contributed by atoms with Crippen LogP contribution in [0.5, 0.6) is 0 Å². The molecule has 3 nitrogen and oxygen atoms in total. The molecule has 0 rings (SSSR count). The SMILES string of the molecule is N=CCOCCO. The van der Waals surface area contributed by atoms with Crippen LogP contribution in [0.2, 0.25) is 0 Å². The van der Waals surface area contributed by atoms with Crippen LogP contribution < -0.4 is 0 Å². The summed E-state index contributed by atoms with van der Waals surface area (Å²) in [6, 6.07) is 0. The summed E-state index contributed by atoms with van der Waals surface area (Å²) in [6.07, 6.45) is 1.15. The summed E-state index contributed by atoms with van der Waals surface area (Å²) in [5, 5.41) is 14.5. The largest absolute Gasteiger partial charge is 0.394 e. The topological polar surface area (TPSA) is 53.3 Å². The number of hydrogen-bond donors (Lipinski definition) is 2. The van der Waals surface area contributed by atoms with Crippen molar-refractivity contribution in [2.45, 2.75) is 0 Å². The number of rotatable bonds is 4. The predicted octanol–water partition coefficient (Wildman–Crippen LogP) is -0.355. The van der Waals surface area contributed by atoms with Crippen molar-refractivity contribution < 1.29 is 9.84 Å². The second kappa shape index (κ2) is 5.59. The lowest BCUT2D eigenvalue weighted by atomic mass is 10.7. The number of hydrogen-bond acceptors (Lipinski definition) is 3. The van der Waals surface area contributed by atoms with Gasteiger partial charge in [-0.2, -0.15) is 0 Å². The Labute approximate surface area is 42.4 Å². The highest BCUT2D eigenvalue weighted by atomic mass is 16.5. The minimum absolute atomic E-state index is 0.0356.